The molecule has 33 heavy (non-hydrogen) atoms. The van der Waals surface area contributed by atoms with E-state index in [4.69, 9.17) is 14.2 Å². The van der Waals surface area contributed by atoms with E-state index >= 15 is 0 Å². The molecule has 0 bridgehead atoms. The average molecular weight is 453 g/mol. The van der Waals surface area contributed by atoms with Crippen LogP contribution in [0.2, 0.25) is 0 Å². The van der Waals surface area contributed by atoms with Gasteiger partial charge in [0.15, 0.2) is 0 Å². The van der Waals surface area contributed by atoms with Crippen molar-refractivity contribution in [2.45, 2.75) is 52.0 Å². The lowest BCUT2D eigenvalue weighted by Gasteiger charge is -2.33. The van der Waals surface area contributed by atoms with Gasteiger partial charge in [-0.15, -0.1) is 0 Å². The molecule has 1 aliphatic heterocycles. The van der Waals surface area contributed by atoms with Crippen molar-refractivity contribution in [2.75, 3.05) is 13.7 Å². The molecule has 1 atom stereocenters. The Kier molecular flexibility index (Phi) is 7.12. The predicted molar refractivity (Wildman–Crippen MR) is 126 cm³/mol. The first-order valence-corrected chi connectivity index (χ1v) is 10.9. The van der Waals surface area contributed by atoms with Crippen LogP contribution >= 0.6 is 0 Å². The zero-order valence-corrected chi connectivity index (χ0v) is 20.0. The molecule has 0 aliphatic carbocycles. The molecule has 0 spiro atoms. The smallest absolute Gasteiger partial charge is 0.412 e. The van der Waals surface area contributed by atoms with Crippen molar-refractivity contribution in [3.63, 3.8) is 0 Å². The quantitative estimate of drug-likeness (QED) is 0.653. The van der Waals surface area contributed by atoms with E-state index in [1.165, 1.54) is 6.08 Å². The number of methoxy groups -OCH3 is 1. The van der Waals surface area contributed by atoms with Crippen LogP contribution in [0, 0.1) is 0 Å². The SMILES string of the molecule is COc1ccc(/C(=C/C(=O)N2[C@H](c3ccccc3)COC2(C)C)NC(=O)OC(C)(C)C)cc1. The fraction of sp³-hybridized carbons (Fsp3) is 0.385. The number of rotatable bonds is 5. The van der Waals surface area contributed by atoms with Gasteiger partial charge in [-0.05, 0) is 70.0 Å². The standard InChI is InChI=1S/C26H32N2O5/c1-25(2,3)33-24(30)27-21(18-12-14-20(31-6)15-13-18)16-23(29)28-22(17-32-26(28,4)5)19-10-8-7-9-11-19/h7-16,22H,17H2,1-6H3,(H,27,30)/b21-16-/t22-/m0/s1. The van der Waals surface area contributed by atoms with E-state index in [-0.39, 0.29) is 11.9 Å². The van der Waals surface area contributed by atoms with Crippen molar-refractivity contribution in [2.24, 2.45) is 0 Å². The van der Waals surface area contributed by atoms with Gasteiger partial charge >= 0.3 is 6.09 Å². The highest BCUT2D eigenvalue weighted by Gasteiger charge is 2.43. The maximum Gasteiger partial charge on any atom is 0.412 e. The Hall–Kier alpha value is -3.32. The molecule has 3 rings (SSSR count). The summed E-state index contributed by atoms with van der Waals surface area (Å²) in [6.45, 7) is 9.44. The van der Waals surface area contributed by atoms with E-state index in [0.29, 0.717) is 23.6 Å². The van der Waals surface area contributed by atoms with Gasteiger partial charge in [0.2, 0.25) is 0 Å². The van der Waals surface area contributed by atoms with Crippen LogP contribution in [0.3, 0.4) is 0 Å². The van der Waals surface area contributed by atoms with Crippen molar-refractivity contribution < 1.29 is 23.8 Å². The minimum Gasteiger partial charge on any atom is -0.497 e. The number of carbonyl (C=O) groups is 2. The van der Waals surface area contributed by atoms with Gasteiger partial charge in [0.25, 0.3) is 5.91 Å². The van der Waals surface area contributed by atoms with E-state index < -0.39 is 17.4 Å². The topological polar surface area (TPSA) is 77.1 Å². The summed E-state index contributed by atoms with van der Waals surface area (Å²) in [6.07, 6.45) is 0.770. The van der Waals surface area contributed by atoms with Gasteiger partial charge in [0.1, 0.15) is 17.1 Å². The summed E-state index contributed by atoms with van der Waals surface area (Å²) in [5.41, 5.74) is 0.458. The van der Waals surface area contributed by atoms with E-state index in [1.807, 2.05) is 44.2 Å². The van der Waals surface area contributed by atoms with Crippen molar-refractivity contribution in [3.8, 4) is 5.75 Å². The summed E-state index contributed by atoms with van der Waals surface area (Å²) < 4.78 is 16.6. The second-order valence-electron chi connectivity index (χ2n) is 9.31. The monoisotopic (exact) mass is 452 g/mol. The molecule has 1 saturated heterocycles. The van der Waals surface area contributed by atoms with Crippen LogP contribution in [-0.4, -0.2) is 41.9 Å². The fourth-order valence-electron chi connectivity index (χ4n) is 3.71. The largest absolute Gasteiger partial charge is 0.497 e. The lowest BCUT2D eigenvalue weighted by molar-refractivity contribution is -0.140. The molecule has 0 saturated carbocycles. The lowest BCUT2D eigenvalue weighted by Crippen LogP contribution is -2.44. The Morgan fingerprint density at radius 2 is 1.73 bits per heavy atom. The van der Waals surface area contributed by atoms with Gasteiger partial charge in [-0.25, -0.2) is 4.79 Å². The molecule has 1 N–H and O–H groups in total. The van der Waals surface area contributed by atoms with Gasteiger partial charge in [-0.1, -0.05) is 30.3 Å². The number of benzene rings is 2. The van der Waals surface area contributed by atoms with E-state index in [9.17, 15) is 9.59 Å². The molecule has 0 radical (unpaired) electrons. The van der Waals surface area contributed by atoms with Gasteiger partial charge in [0, 0.05) is 6.08 Å². The van der Waals surface area contributed by atoms with E-state index in [0.717, 1.165) is 5.56 Å². The summed E-state index contributed by atoms with van der Waals surface area (Å²) in [5.74, 6) is 0.383. The van der Waals surface area contributed by atoms with Crippen LogP contribution in [-0.2, 0) is 14.3 Å². The molecule has 176 valence electrons. The Balaban J connectivity index is 1.96. The third kappa shape index (κ3) is 6.14. The van der Waals surface area contributed by atoms with Gasteiger partial charge in [-0.2, -0.15) is 0 Å². The average Bonchev–Trinajstić information content (AvgIpc) is 3.07. The Morgan fingerprint density at radius 3 is 2.30 bits per heavy atom. The molecule has 7 heteroatoms. The zero-order valence-electron chi connectivity index (χ0n) is 20.0. The van der Waals surface area contributed by atoms with Crippen LogP contribution in [0.25, 0.3) is 5.70 Å². The molecule has 0 unspecified atom stereocenters. The third-order valence-electron chi connectivity index (χ3n) is 5.21. The number of hydrogen-bond donors (Lipinski definition) is 1. The Labute approximate surface area is 195 Å². The first kappa shape index (κ1) is 24.3. The molecule has 0 aromatic heterocycles. The van der Waals surface area contributed by atoms with Crippen LogP contribution < -0.4 is 10.1 Å². The molecular weight excluding hydrogens is 420 g/mol. The highest BCUT2D eigenvalue weighted by atomic mass is 16.6. The predicted octanol–water partition coefficient (Wildman–Crippen LogP) is 4.90. The lowest BCUT2D eigenvalue weighted by atomic mass is 10.0. The molecule has 1 fully saturated rings. The molecule has 2 aromatic carbocycles. The molecular formula is C26H32N2O5. The minimum atomic E-state index is -0.814. The molecule has 1 aliphatic rings. The number of nitrogens with one attached hydrogen (secondary N) is 1. The second-order valence-corrected chi connectivity index (χ2v) is 9.31. The highest BCUT2D eigenvalue weighted by Crippen LogP contribution is 2.37. The van der Waals surface area contributed by atoms with Crippen molar-refractivity contribution in [3.05, 3.63) is 71.8 Å². The van der Waals surface area contributed by atoms with Gasteiger partial charge in [-0.3, -0.25) is 10.1 Å². The van der Waals surface area contributed by atoms with E-state index in [1.54, 1.807) is 57.0 Å². The highest BCUT2D eigenvalue weighted by molar-refractivity contribution is 5.98. The first-order valence-electron chi connectivity index (χ1n) is 10.9. The number of nitrogens with zero attached hydrogens (tertiary/aromatic N) is 1. The summed E-state index contributed by atoms with van der Waals surface area (Å²) >= 11 is 0. The zero-order chi connectivity index (χ0) is 24.2. The molecule has 1 heterocycles. The van der Waals surface area contributed by atoms with Gasteiger partial charge < -0.3 is 19.1 Å². The minimum absolute atomic E-state index is 0.247. The summed E-state index contributed by atoms with van der Waals surface area (Å²) in [5, 5.41) is 2.73. The van der Waals surface area contributed by atoms with Gasteiger partial charge in [0.05, 0.1) is 25.5 Å². The normalized spacial score (nSPS) is 18.1. The molecule has 7 nitrogen and oxygen atoms in total. The van der Waals surface area contributed by atoms with Crippen molar-refractivity contribution in [1.82, 2.24) is 10.2 Å². The number of carbonyl (C=O) groups excluding carboxylic acids is 2. The van der Waals surface area contributed by atoms with Crippen LogP contribution in [0.1, 0.15) is 51.8 Å². The second kappa shape index (κ2) is 9.67. The van der Waals surface area contributed by atoms with Crippen molar-refractivity contribution in [1.29, 1.82) is 0 Å². The molecule has 2 aromatic rings. The maximum atomic E-state index is 13.6. The number of ether oxygens (including phenoxy) is 3. The van der Waals surface area contributed by atoms with Crippen LogP contribution in [0.5, 0.6) is 5.75 Å². The number of amides is 2. The summed E-state index contributed by atoms with van der Waals surface area (Å²) in [6, 6.07) is 16.6. The van der Waals surface area contributed by atoms with Crippen LogP contribution in [0.15, 0.2) is 60.7 Å². The molecule has 2 amide bonds. The van der Waals surface area contributed by atoms with Crippen molar-refractivity contribution >= 4 is 17.7 Å². The fourth-order valence-corrected chi connectivity index (χ4v) is 3.71. The Bertz CT molecular complexity index is 1010. The summed E-state index contributed by atoms with van der Waals surface area (Å²) in [4.78, 5) is 27.8. The van der Waals surface area contributed by atoms with Crippen LogP contribution in [0.4, 0.5) is 4.79 Å². The summed E-state index contributed by atoms with van der Waals surface area (Å²) in [7, 11) is 1.58. The Morgan fingerprint density at radius 1 is 1.09 bits per heavy atom. The number of alkyl carbamates (subject to hydrolysis) is 1. The third-order valence-corrected chi connectivity index (χ3v) is 5.21. The maximum absolute atomic E-state index is 13.6. The number of hydrogen-bond acceptors (Lipinski definition) is 5. The first-order chi connectivity index (χ1) is 15.5. The van der Waals surface area contributed by atoms with E-state index in [2.05, 4.69) is 5.32 Å².